The van der Waals surface area contributed by atoms with Gasteiger partial charge in [0.25, 0.3) is 6.54 Å². The number of nitro groups is 1. The maximum Gasteiger partial charge on any atom is 0.378 e. The lowest BCUT2D eigenvalue weighted by Gasteiger charge is -2.00. The van der Waals surface area contributed by atoms with Gasteiger partial charge in [0.1, 0.15) is 0 Å². The van der Waals surface area contributed by atoms with Crippen molar-refractivity contribution in [1.82, 2.24) is 0 Å². The van der Waals surface area contributed by atoms with Crippen LogP contribution < -0.4 is 0 Å². The van der Waals surface area contributed by atoms with Crippen LogP contribution in [0, 0.1) is 10.1 Å². The van der Waals surface area contributed by atoms with Gasteiger partial charge in [-0.15, -0.1) is 0 Å². The minimum atomic E-state index is -0.749. The first-order valence-corrected chi connectivity index (χ1v) is 4.44. The zero-order chi connectivity index (χ0) is 10.1. The first kappa shape index (κ1) is 11.9. The van der Waals surface area contributed by atoms with Crippen LogP contribution >= 0.6 is 0 Å². The molecule has 0 heterocycles. The van der Waals surface area contributed by atoms with Gasteiger partial charge in [-0.1, -0.05) is 26.2 Å². The molecule has 0 aromatic heterocycles. The summed E-state index contributed by atoms with van der Waals surface area (Å²) in [5.41, 5.74) is 0. The Balaban J connectivity index is 3.22. The van der Waals surface area contributed by atoms with Crippen LogP contribution in [0.15, 0.2) is 0 Å². The van der Waals surface area contributed by atoms with E-state index in [0.717, 1.165) is 25.7 Å². The average molecular weight is 189 g/mol. The van der Waals surface area contributed by atoms with Gasteiger partial charge in [0.15, 0.2) is 0 Å². The highest BCUT2D eigenvalue weighted by Gasteiger charge is 2.09. The molecule has 76 valence electrons. The van der Waals surface area contributed by atoms with E-state index >= 15 is 0 Å². The molecule has 0 saturated heterocycles. The molecule has 0 amide bonds. The van der Waals surface area contributed by atoms with Crippen molar-refractivity contribution in [1.29, 1.82) is 0 Å². The number of esters is 1. The lowest BCUT2D eigenvalue weighted by molar-refractivity contribution is -0.470. The second-order valence-corrected chi connectivity index (χ2v) is 2.77. The van der Waals surface area contributed by atoms with E-state index in [1.165, 1.54) is 0 Å². The van der Waals surface area contributed by atoms with Crippen molar-refractivity contribution in [3.05, 3.63) is 10.1 Å². The Hall–Kier alpha value is -1.13. The summed E-state index contributed by atoms with van der Waals surface area (Å²) in [5, 5.41) is 9.85. The van der Waals surface area contributed by atoms with Gasteiger partial charge in [0.05, 0.1) is 6.61 Å². The van der Waals surface area contributed by atoms with Gasteiger partial charge in [0, 0.05) is 4.92 Å². The summed E-state index contributed by atoms with van der Waals surface area (Å²) in [5.74, 6) is -0.749. The summed E-state index contributed by atoms with van der Waals surface area (Å²) in [6, 6.07) is 0. The van der Waals surface area contributed by atoms with Gasteiger partial charge in [-0.05, 0) is 6.42 Å². The van der Waals surface area contributed by atoms with Gasteiger partial charge in [-0.3, -0.25) is 10.1 Å². The fraction of sp³-hybridized carbons (Fsp3) is 0.875. The minimum Gasteiger partial charge on any atom is -0.461 e. The molecule has 0 aromatic rings. The summed E-state index contributed by atoms with van der Waals surface area (Å²) in [6.45, 7) is 1.65. The second-order valence-electron chi connectivity index (χ2n) is 2.77. The van der Waals surface area contributed by atoms with Crippen LogP contribution in [0.3, 0.4) is 0 Å². The Kier molecular flexibility index (Phi) is 6.86. The molecule has 0 radical (unpaired) electrons. The smallest absolute Gasteiger partial charge is 0.378 e. The van der Waals surface area contributed by atoms with E-state index in [0.29, 0.717) is 6.61 Å². The monoisotopic (exact) mass is 189 g/mol. The first-order valence-electron chi connectivity index (χ1n) is 4.44. The molecular weight excluding hydrogens is 174 g/mol. The predicted molar refractivity (Wildman–Crippen MR) is 47.0 cm³/mol. The number of nitrogens with zero attached hydrogens (tertiary/aromatic N) is 1. The van der Waals surface area contributed by atoms with Gasteiger partial charge < -0.3 is 4.74 Å². The van der Waals surface area contributed by atoms with Crippen molar-refractivity contribution in [2.75, 3.05) is 13.2 Å². The van der Waals surface area contributed by atoms with Gasteiger partial charge in [-0.25, -0.2) is 4.79 Å². The highest BCUT2D eigenvalue weighted by molar-refractivity contribution is 5.70. The van der Waals surface area contributed by atoms with Crippen molar-refractivity contribution in [2.24, 2.45) is 0 Å². The molecule has 0 saturated carbocycles. The second kappa shape index (κ2) is 7.52. The van der Waals surface area contributed by atoms with Gasteiger partial charge in [-0.2, -0.15) is 0 Å². The lowest BCUT2D eigenvalue weighted by atomic mass is 10.2. The van der Waals surface area contributed by atoms with Crippen LogP contribution in [0.5, 0.6) is 0 Å². The topological polar surface area (TPSA) is 69.4 Å². The number of hydrogen-bond donors (Lipinski definition) is 0. The molecule has 0 aliphatic rings. The van der Waals surface area contributed by atoms with E-state index in [-0.39, 0.29) is 0 Å². The molecule has 0 unspecified atom stereocenters. The van der Waals surface area contributed by atoms with E-state index in [9.17, 15) is 14.9 Å². The standard InChI is InChI=1S/C8H15NO4/c1-2-3-4-5-6-13-8(10)7-9(11)12/h2-7H2,1H3. The molecule has 0 rings (SSSR count). The highest BCUT2D eigenvalue weighted by Crippen LogP contribution is 1.98. The van der Waals surface area contributed by atoms with Crippen molar-refractivity contribution < 1.29 is 14.5 Å². The zero-order valence-electron chi connectivity index (χ0n) is 7.82. The third-order valence-electron chi connectivity index (χ3n) is 1.52. The van der Waals surface area contributed by atoms with E-state index in [1.807, 2.05) is 0 Å². The molecule has 0 N–H and O–H groups in total. The van der Waals surface area contributed by atoms with Gasteiger partial charge in [0.2, 0.25) is 0 Å². The molecule has 0 bridgehead atoms. The minimum absolute atomic E-state index is 0.298. The Morgan fingerprint density at radius 1 is 1.38 bits per heavy atom. The average Bonchev–Trinajstić information content (AvgIpc) is 2.02. The molecule has 0 aliphatic heterocycles. The van der Waals surface area contributed by atoms with Crippen molar-refractivity contribution in [2.45, 2.75) is 32.6 Å². The molecule has 5 nitrogen and oxygen atoms in total. The van der Waals surface area contributed by atoms with Crippen LogP contribution in [0.25, 0.3) is 0 Å². The maximum atomic E-state index is 10.6. The lowest BCUT2D eigenvalue weighted by Crippen LogP contribution is -2.17. The third kappa shape index (κ3) is 8.78. The quantitative estimate of drug-likeness (QED) is 0.262. The summed E-state index contributed by atoms with van der Waals surface area (Å²) in [6.07, 6.45) is 4.01. The first-order chi connectivity index (χ1) is 6.16. The van der Waals surface area contributed by atoms with Crippen LogP contribution in [-0.4, -0.2) is 24.0 Å². The van der Waals surface area contributed by atoms with Crippen LogP contribution in [0.4, 0.5) is 0 Å². The van der Waals surface area contributed by atoms with E-state index in [2.05, 4.69) is 11.7 Å². The normalized spacial score (nSPS) is 9.62. The molecule has 0 aromatic carbocycles. The maximum absolute atomic E-state index is 10.6. The zero-order valence-corrected chi connectivity index (χ0v) is 7.82. The summed E-state index contributed by atoms with van der Waals surface area (Å²) < 4.78 is 4.62. The molecule has 0 aliphatic carbocycles. The molecule has 5 heteroatoms. The fourth-order valence-corrected chi connectivity index (χ4v) is 0.866. The van der Waals surface area contributed by atoms with Gasteiger partial charge >= 0.3 is 5.97 Å². The summed E-state index contributed by atoms with van der Waals surface area (Å²) in [4.78, 5) is 19.8. The van der Waals surface area contributed by atoms with Crippen molar-refractivity contribution in [3.8, 4) is 0 Å². The number of rotatable bonds is 7. The Morgan fingerprint density at radius 3 is 2.62 bits per heavy atom. The number of carbonyl (C=O) groups excluding carboxylic acids is 1. The Bertz CT molecular complexity index is 170. The molecule has 0 fully saturated rings. The SMILES string of the molecule is CCCCCCOC(=O)C[N+](=O)[O-]. The number of ether oxygens (including phenoxy) is 1. The number of hydrogen-bond acceptors (Lipinski definition) is 4. The predicted octanol–water partition coefficient (Wildman–Crippen LogP) is 1.39. The number of carbonyl (C=O) groups is 1. The van der Waals surface area contributed by atoms with E-state index in [1.54, 1.807) is 0 Å². The van der Waals surface area contributed by atoms with Crippen LogP contribution in [0.2, 0.25) is 0 Å². The van der Waals surface area contributed by atoms with E-state index in [4.69, 9.17) is 0 Å². The molecular formula is C8H15NO4. The Labute approximate surface area is 77.2 Å². The Morgan fingerprint density at radius 2 is 2.08 bits per heavy atom. The van der Waals surface area contributed by atoms with Crippen LogP contribution in [-0.2, 0) is 9.53 Å². The fourth-order valence-electron chi connectivity index (χ4n) is 0.866. The molecule has 0 spiro atoms. The van der Waals surface area contributed by atoms with Crippen molar-refractivity contribution >= 4 is 5.97 Å². The molecule has 0 atom stereocenters. The largest absolute Gasteiger partial charge is 0.461 e. The van der Waals surface area contributed by atoms with Crippen molar-refractivity contribution in [3.63, 3.8) is 0 Å². The van der Waals surface area contributed by atoms with E-state index < -0.39 is 17.4 Å². The van der Waals surface area contributed by atoms with Crippen LogP contribution in [0.1, 0.15) is 32.6 Å². The third-order valence-corrected chi connectivity index (χ3v) is 1.52. The summed E-state index contributed by atoms with van der Waals surface area (Å²) >= 11 is 0. The highest BCUT2D eigenvalue weighted by atomic mass is 16.6. The molecule has 13 heavy (non-hydrogen) atoms. The number of unbranched alkanes of at least 4 members (excludes halogenated alkanes) is 3. The summed E-state index contributed by atoms with van der Waals surface area (Å²) in [7, 11) is 0.